The molecule has 1 atom stereocenters. The first-order valence-corrected chi connectivity index (χ1v) is 7.66. The predicted octanol–water partition coefficient (Wildman–Crippen LogP) is 3.81. The van der Waals surface area contributed by atoms with E-state index in [0.717, 1.165) is 0 Å². The number of fused-ring (bicyclic) bond motifs is 1. The third-order valence-corrected chi connectivity index (χ3v) is 4.98. The molecule has 1 aliphatic heterocycles. The molecule has 1 fully saturated rings. The number of rotatable bonds is 2. The molecule has 1 nitrogen and oxygen atoms in total. The molecule has 0 bridgehead atoms. The number of benzene rings is 1. The van der Waals surface area contributed by atoms with E-state index < -0.39 is 0 Å². The molecule has 1 saturated heterocycles. The Kier molecular flexibility index (Phi) is 3.43. The quantitative estimate of drug-likeness (QED) is 0.763. The molecule has 3 rings (SSSR count). The van der Waals surface area contributed by atoms with E-state index in [9.17, 15) is 0 Å². The summed E-state index contributed by atoms with van der Waals surface area (Å²) in [6.45, 7) is 4.94. The van der Waals surface area contributed by atoms with Gasteiger partial charge in [0.05, 0.1) is 0 Å². The molecule has 1 aliphatic carbocycles. The van der Waals surface area contributed by atoms with Crippen molar-refractivity contribution < 1.29 is 0 Å². The summed E-state index contributed by atoms with van der Waals surface area (Å²) in [5, 5.41) is 0. The van der Waals surface area contributed by atoms with Crippen molar-refractivity contribution in [3.63, 3.8) is 0 Å². The lowest BCUT2D eigenvalue weighted by atomic mass is 9.72. The summed E-state index contributed by atoms with van der Waals surface area (Å²) in [5.74, 6) is 0. The van der Waals surface area contributed by atoms with Crippen LogP contribution in [0.25, 0.3) is 0 Å². The van der Waals surface area contributed by atoms with Crippen LogP contribution in [0.4, 0.5) is 0 Å². The second kappa shape index (κ2) is 5.05. The minimum absolute atomic E-state index is 0.503. The molecule has 18 heavy (non-hydrogen) atoms. The Morgan fingerprint density at radius 3 is 2.78 bits per heavy atom. The Labute approximate surface area is 111 Å². The zero-order chi connectivity index (χ0) is 12.4. The molecule has 1 aromatic carbocycles. The van der Waals surface area contributed by atoms with Gasteiger partial charge in [-0.2, -0.15) is 0 Å². The lowest BCUT2D eigenvalue weighted by molar-refractivity contribution is 0.0341. The van der Waals surface area contributed by atoms with E-state index in [0.29, 0.717) is 5.54 Å². The van der Waals surface area contributed by atoms with Crippen LogP contribution < -0.4 is 0 Å². The number of piperidine rings is 1. The molecule has 1 heteroatoms. The van der Waals surface area contributed by atoms with Crippen LogP contribution in [0.3, 0.4) is 0 Å². The topological polar surface area (TPSA) is 3.24 Å². The van der Waals surface area contributed by atoms with Crippen molar-refractivity contribution in [2.24, 2.45) is 0 Å². The normalized spacial score (nSPS) is 28.3. The van der Waals surface area contributed by atoms with Gasteiger partial charge in [0.2, 0.25) is 0 Å². The third-order valence-electron chi connectivity index (χ3n) is 4.98. The first-order valence-electron chi connectivity index (χ1n) is 7.66. The number of aryl methyl sites for hydroxylation is 1. The van der Waals surface area contributed by atoms with Gasteiger partial charge in [0.15, 0.2) is 0 Å². The standard InChI is InChI=1S/C17H25N/c1-2-12-18-13-6-5-10-17(18)11-9-15-7-3-4-8-16(15)14-17/h3-4,7-8H,2,5-6,9-14H2,1H3. The summed E-state index contributed by atoms with van der Waals surface area (Å²) in [6.07, 6.45) is 9.51. The number of nitrogens with zero attached hydrogens (tertiary/aromatic N) is 1. The van der Waals surface area contributed by atoms with E-state index in [1.807, 2.05) is 0 Å². The van der Waals surface area contributed by atoms with Crippen LogP contribution in [0.1, 0.15) is 50.2 Å². The van der Waals surface area contributed by atoms with Gasteiger partial charge < -0.3 is 0 Å². The highest BCUT2D eigenvalue weighted by atomic mass is 15.2. The first-order chi connectivity index (χ1) is 8.84. The molecular formula is C17H25N. The second-order valence-electron chi connectivity index (χ2n) is 6.11. The third kappa shape index (κ3) is 2.09. The largest absolute Gasteiger partial charge is 0.297 e. The Morgan fingerprint density at radius 2 is 1.94 bits per heavy atom. The Balaban J connectivity index is 1.86. The highest BCUT2D eigenvalue weighted by Gasteiger charge is 2.40. The van der Waals surface area contributed by atoms with Gasteiger partial charge in [0.25, 0.3) is 0 Å². The number of likely N-dealkylation sites (tertiary alicyclic amines) is 1. The van der Waals surface area contributed by atoms with Gasteiger partial charge in [-0.1, -0.05) is 37.6 Å². The average molecular weight is 243 g/mol. The minimum atomic E-state index is 0.503. The summed E-state index contributed by atoms with van der Waals surface area (Å²) in [7, 11) is 0. The zero-order valence-electron chi connectivity index (χ0n) is 11.6. The van der Waals surface area contributed by atoms with Gasteiger partial charge in [-0.25, -0.2) is 0 Å². The SMILES string of the molecule is CCCN1CCCCC12CCc1ccccc1C2. The molecule has 0 amide bonds. The summed E-state index contributed by atoms with van der Waals surface area (Å²) in [4.78, 5) is 2.81. The Morgan fingerprint density at radius 1 is 1.11 bits per heavy atom. The van der Waals surface area contributed by atoms with Crippen molar-refractivity contribution in [1.29, 1.82) is 0 Å². The van der Waals surface area contributed by atoms with Crippen LogP contribution in [-0.4, -0.2) is 23.5 Å². The van der Waals surface area contributed by atoms with E-state index in [1.54, 1.807) is 11.1 Å². The molecule has 98 valence electrons. The van der Waals surface area contributed by atoms with Crippen molar-refractivity contribution in [3.8, 4) is 0 Å². The van der Waals surface area contributed by atoms with E-state index >= 15 is 0 Å². The van der Waals surface area contributed by atoms with Gasteiger partial charge in [-0.05, 0) is 62.7 Å². The number of hydrogen-bond acceptors (Lipinski definition) is 1. The van der Waals surface area contributed by atoms with Crippen LogP contribution in [-0.2, 0) is 12.8 Å². The van der Waals surface area contributed by atoms with E-state index in [1.165, 1.54) is 58.0 Å². The predicted molar refractivity (Wildman–Crippen MR) is 76.9 cm³/mol. The summed E-state index contributed by atoms with van der Waals surface area (Å²) in [6, 6.07) is 9.09. The molecule has 1 spiro atoms. The fourth-order valence-electron chi connectivity index (χ4n) is 4.04. The highest BCUT2D eigenvalue weighted by molar-refractivity contribution is 5.32. The molecule has 1 unspecified atom stereocenters. The van der Waals surface area contributed by atoms with Crippen LogP contribution in [0.2, 0.25) is 0 Å². The molecule has 0 aromatic heterocycles. The fraction of sp³-hybridized carbons (Fsp3) is 0.647. The molecule has 0 N–H and O–H groups in total. The molecule has 1 heterocycles. The summed E-state index contributed by atoms with van der Waals surface area (Å²) >= 11 is 0. The van der Waals surface area contributed by atoms with E-state index in [2.05, 4.69) is 36.1 Å². The smallest absolute Gasteiger partial charge is 0.0253 e. The number of hydrogen-bond donors (Lipinski definition) is 0. The van der Waals surface area contributed by atoms with Crippen molar-refractivity contribution in [2.45, 2.75) is 57.4 Å². The van der Waals surface area contributed by atoms with Crippen LogP contribution in [0.15, 0.2) is 24.3 Å². The first kappa shape index (κ1) is 12.2. The van der Waals surface area contributed by atoms with Crippen molar-refractivity contribution >= 4 is 0 Å². The second-order valence-corrected chi connectivity index (χ2v) is 6.11. The lowest BCUT2D eigenvalue weighted by Gasteiger charge is -2.50. The zero-order valence-corrected chi connectivity index (χ0v) is 11.6. The monoisotopic (exact) mass is 243 g/mol. The van der Waals surface area contributed by atoms with E-state index in [-0.39, 0.29) is 0 Å². The fourth-order valence-corrected chi connectivity index (χ4v) is 4.04. The van der Waals surface area contributed by atoms with Gasteiger partial charge in [-0.3, -0.25) is 4.90 Å². The van der Waals surface area contributed by atoms with Crippen LogP contribution >= 0.6 is 0 Å². The maximum atomic E-state index is 2.81. The average Bonchev–Trinajstić information content (AvgIpc) is 2.42. The lowest BCUT2D eigenvalue weighted by Crippen LogP contribution is -2.55. The highest BCUT2D eigenvalue weighted by Crippen LogP contribution is 2.39. The van der Waals surface area contributed by atoms with E-state index in [4.69, 9.17) is 0 Å². The summed E-state index contributed by atoms with van der Waals surface area (Å²) in [5.41, 5.74) is 3.72. The van der Waals surface area contributed by atoms with Crippen LogP contribution in [0.5, 0.6) is 0 Å². The van der Waals surface area contributed by atoms with Gasteiger partial charge in [0.1, 0.15) is 0 Å². The molecule has 0 saturated carbocycles. The van der Waals surface area contributed by atoms with Gasteiger partial charge in [-0.15, -0.1) is 0 Å². The van der Waals surface area contributed by atoms with Crippen molar-refractivity contribution in [2.75, 3.05) is 13.1 Å². The van der Waals surface area contributed by atoms with Gasteiger partial charge >= 0.3 is 0 Å². The molecule has 2 aliphatic rings. The summed E-state index contributed by atoms with van der Waals surface area (Å²) < 4.78 is 0. The van der Waals surface area contributed by atoms with Crippen molar-refractivity contribution in [1.82, 2.24) is 4.90 Å². The maximum absolute atomic E-state index is 2.81. The minimum Gasteiger partial charge on any atom is -0.297 e. The molecular weight excluding hydrogens is 218 g/mol. The molecule has 1 aromatic rings. The van der Waals surface area contributed by atoms with Crippen LogP contribution in [0, 0.1) is 0 Å². The molecule has 0 radical (unpaired) electrons. The van der Waals surface area contributed by atoms with Crippen molar-refractivity contribution in [3.05, 3.63) is 35.4 Å². The maximum Gasteiger partial charge on any atom is 0.0253 e. The Hall–Kier alpha value is -0.820. The van der Waals surface area contributed by atoms with Gasteiger partial charge in [0, 0.05) is 5.54 Å². The Bertz CT molecular complexity index is 410.